The Morgan fingerprint density at radius 1 is 0.358 bits per heavy atom. The lowest BCUT2D eigenvalue weighted by molar-refractivity contribution is 0.671. The van der Waals surface area contributed by atoms with Gasteiger partial charge >= 0.3 is 0 Å². The molecular formula is C50H30Br2O. The summed E-state index contributed by atoms with van der Waals surface area (Å²) in [5.41, 5.74) is 22.1. The van der Waals surface area contributed by atoms with Gasteiger partial charge in [0.1, 0.15) is 11.2 Å². The molecule has 2 aliphatic carbocycles. The fourth-order valence-corrected chi connectivity index (χ4v) is 9.84. The first-order chi connectivity index (χ1) is 26.1. The molecular weight excluding hydrogens is 776 g/mol. The molecule has 2 aliphatic rings. The van der Waals surface area contributed by atoms with Gasteiger partial charge in [-0.25, -0.2) is 0 Å². The zero-order valence-corrected chi connectivity index (χ0v) is 31.8. The van der Waals surface area contributed by atoms with Crippen molar-refractivity contribution in [3.05, 3.63) is 189 Å². The zero-order chi connectivity index (χ0) is 35.2. The largest absolute Gasteiger partial charge is 0.455 e. The van der Waals surface area contributed by atoms with Crippen LogP contribution in [-0.4, -0.2) is 0 Å². The second-order valence-corrected chi connectivity index (χ2v) is 16.0. The number of furan rings is 1. The van der Waals surface area contributed by atoms with E-state index in [0.29, 0.717) is 0 Å². The maximum absolute atomic E-state index is 7.31. The Labute approximate surface area is 324 Å². The Kier molecular flexibility index (Phi) is 7.05. The lowest BCUT2D eigenvalue weighted by Crippen LogP contribution is -1.94. The van der Waals surface area contributed by atoms with Gasteiger partial charge in [0.15, 0.2) is 0 Å². The van der Waals surface area contributed by atoms with Gasteiger partial charge in [-0.1, -0.05) is 165 Å². The number of benzene rings is 8. The molecule has 3 heteroatoms. The van der Waals surface area contributed by atoms with Gasteiger partial charge in [-0.05, 0) is 115 Å². The molecule has 0 N–H and O–H groups in total. The highest BCUT2D eigenvalue weighted by molar-refractivity contribution is 9.10. The molecule has 0 atom stereocenters. The summed E-state index contributed by atoms with van der Waals surface area (Å²) in [4.78, 5) is 0. The van der Waals surface area contributed by atoms with Crippen molar-refractivity contribution in [2.24, 2.45) is 0 Å². The van der Waals surface area contributed by atoms with Crippen LogP contribution in [-0.2, 0) is 12.8 Å². The first-order valence-corrected chi connectivity index (χ1v) is 19.6. The average molecular weight is 807 g/mol. The number of halogens is 2. The van der Waals surface area contributed by atoms with Gasteiger partial charge < -0.3 is 4.42 Å². The number of fused-ring (bicyclic) bond motifs is 9. The Hall–Kier alpha value is -5.48. The van der Waals surface area contributed by atoms with Gasteiger partial charge in [0.05, 0.1) is 0 Å². The standard InChI is InChI=1S/C50H30Br2O/c51-33-13-5-11-29(25-33)37-21-23-39-35-15-3-1-9-31(35)27-45(39)47(37)43-19-7-17-41-42-18-8-20-44(50(42)53-49(41)43)48-38(30-12-6-14-34(52)26-30)22-24-40-36-16-4-2-10-32(36)28-46(40)48/h1-26H,27-28H2. The summed E-state index contributed by atoms with van der Waals surface area (Å²) in [6, 6.07) is 57.6. The quantitative estimate of drug-likeness (QED) is 0.173. The molecule has 0 saturated carbocycles. The SMILES string of the molecule is Brc1cccc(-c2ccc3c(c2-c2cccc4c2oc2c(-c5c(-c6cccc(Br)c6)ccc6c5Cc5ccccc5-6)cccc24)Cc2ccccc2-3)c1. The van der Waals surface area contributed by atoms with Gasteiger partial charge in [-0.2, -0.15) is 0 Å². The maximum Gasteiger partial charge on any atom is 0.143 e. The molecule has 1 heterocycles. The predicted octanol–water partition coefficient (Wildman–Crippen LogP) is 14.9. The van der Waals surface area contributed by atoms with Crippen molar-refractivity contribution in [1.82, 2.24) is 0 Å². The Bertz CT molecular complexity index is 2780. The summed E-state index contributed by atoms with van der Waals surface area (Å²) < 4.78 is 9.44. The molecule has 1 aromatic heterocycles. The lowest BCUT2D eigenvalue weighted by atomic mass is 9.86. The molecule has 53 heavy (non-hydrogen) atoms. The first kappa shape index (κ1) is 31.1. The summed E-state index contributed by atoms with van der Waals surface area (Å²) in [5.74, 6) is 0. The van der Waals surface area contributed by atoms with Gasteiger partial charge in [0.25, 0.3) is 0 Å². The predicted molar refractivity (Wildman–Crippen MR) is 227 cm³/mol. The summed E-state index contributed by atoms with van der Waals surface area (Å²) in [6.07, 6.45) is 1.77. The molecule has 0 spiro atoms. The molecule has 0 saturated heterocycles. The van der Waals surface area contributed by atoms with Crippen LogP contribution in [0.15, 0.2) is 171 Å². The van der Waals surface area contributed by atoms with Crippen LogP contribution >= 0.6 is 31.9 Å². The minimum absolute atomic E-state index is 0.886. The van der Waals surface area contributed by atoms with E-state index in [1.807, 2.05) is 0 Å². The minimum atomic E-state index is 0.886. The van der Waals surface area contributed by atoms with Crippen molar-refractivity contribution >= 4 is 53.8 Å². The highest BCUT2D eigenvalue weighted by Crippen LogP contribution is 2.51. The highest BCUT2D eigenvalue weighted by Gasteiger charge is 2.29. The number of rotatable bonds is 4. The molecule has 8 aromatic carbocycles. The van der Waals surface area contributed by atoms with Gasteiger partial charge in [-0.15, -0.1) is 0 Å². The molecule has 0 fully saturated rings. The number of hydrogen-bond acceptors (Lipinski definition) is 1. The van der Waals surface area contributed by atoms with E-state index in [0.717, 1.165) is 54.9 Å². The van der Waals surface area contributed by atoms with E-state index >= 15 is 0 Å². The summed E-state index contributed by atoms with van der Waals surface area (Å²) in [7, 11) is 0. The highest BCUT2D eigenvalue weighted by atomic mass is 79.9. The monoisotopic (exact) mass is 804 g/mol. The third-order valence-corrected chi connectivity index (χ3v) is 12.3. The molecule has 1 nitrogen and oxygen atoms in total. The Balaban J connectivity index is 1.20. The van der Waals surface area contributed by atoms with Crippen molar-refractivity contribution in [3.8, 4) is 66.8 Å². The minimum Gasteiger partial charge on any atom is -0.455 e. The van der Waals surface area contributed by atoms with E-state index in [2.05, 4.69) is 190 Å². The van der Waals surface area contributed by atoms with Crippen LogP contribution in [0.25, 0.3) is 88.7 Å². The van der Waals surface area contributed by atoms with Crippen LogP contribution in [0.4, 0.5) is 0 Å². The smallest absolute Gasteiger partial charge is 0.143 e. The van der Waals surface area contributed by atoms with E-state index in [4.69, 9.17) is 4.42 Å². The van der Waals surface area contributed by atoms with E-state index in [9.17, 15) is 0 Å². The topological polar surface area (TPSA) is 13.1 Å². The fourth-order valence-electron chi connectivity index (χ4n) is 9.05. The third kappa shape index (κ3) is 4.81. The van der Waals surface area contributed by atoms with Crippen molar-refractivity contribution in [1.29, 1.82) is 0 Å². The maximum atomic E-state index is 7.31. The molecule has 0 radical (unpaired) electrons. The summed E-state index contributed by atoms with van der Waals surface area (Å²) in [5, 5.41) is 2.26. The van der Waals surface area contributed by atoms with E-state index in [-0.39, 0.29) is 0 Å². The van der Waals surface area contributed by atoms with Crippen LogP contribution in [0.5, 0.6) is 0 Å². The lowest BCUT2D eigenvalue weighted by Gasteiger charge is -2.17. The van der Waals surface area contributed by atoms with Crippen molar-refractivity contribution in [2.75, 3.05) is 0 Å². The van der Waals surface area contributed by atoms with E-state index in [1.165, 1.54) is 77.9 Å². The van der Waals surface area contributed by atoms with E-state index in [1.54, 1.807) is 0 Å². The van der Waals surface area contributed by atoms with Gasteiger partial charge in [-0.3, -0.25) is 0 Å². The van der Waals surface area contributed by atoms with Gasteiger partial charge in [0.2, 0.25) is 0 Å². The Morgan fingerprint density at radius 3 is 1.25 bits per heavy atom. The Morgan fingerprint density at radius 2 is 0.774 bits per heavy atom. The van der Waals surface area contributed by atoms with Crippen LogP contribution < -0.4 is 0 Å². The summed E-state index contributed by atoms with van der Waals surface area (Å²) >= 11 is 7.51. The van der Waals surface area contributed by atoms with Crippen LogP contribution in [0.3, 0.4) is 0 Å². The normalized spacial score (nSPS) is 12.6. The molecule has 0 bridgehead atoms. The zero-order valence-electron chi connectivity index (χ0n) is 28.6. The number of para-hydroxylation sites is 2. The van der Waals surface area contributed by atoms with Crippen LogP contribution in [0, 0.1) is 0 Å². The summed E-state index contributed by atoms with van der Waals surface area (Å²) in [6.45, 7) is 0. The van der Waals surface area contributed by atoms with Crippen molar-refractivity contribution < 1.29 is 4.42 Å². The molecule has 250 valence electrons. The second kappa shape index (κ2) is 12.0. The molecule has 9 aromatic rings. The van der Waals surface area contributed by atoms with Crippen LogP contribution in [0.1, 0.15) is 22.3 Å². The fraction of sp³-hybridized carbons (Fsp3) is 0.0400. The van der Waals surface area contributed by atoms with Gasteiger partial charge in [0, 0.05) is 30.8 Å². The van der Waals surface area contributed by atoms with E-state index < -0.39 is 0 Å². The number of hydrogen-bond donors (Lipinski definition) is 0. The molecule has 0 aliphatic heterocycles. The molecule has 11 rings (SSSR count). The van der Waals surface area contributed by atoms with Crippen LogP contribution in [0.2, 0.25) is 0 Å². The molecule has 0 amide bonds. The molecule has 0 unspecified atom stereocenters. The first-order valence-electron chi connectivity index (χ1n) is 18.1. The van der Waals surface area contributed by atoms with Crippen molar-refractivity contribution in [2.45, 2.75) is 12.8 Å². The third-order valence-electron chi connectivity index (χ3n) is 11.3. The van der Waals surface area contributed by atoms with Crippen molar-refractivity contribution in [3.63, 3.8) is 0 Å². The second-order valence-electron chi connectivity index (χ2n) is 14.2. The average Bonchev–Trinajstić information content (AvgIpc) is 3.89.